The number of aliphatic carboxylic acids is 5. The van der Waals surface area contributed by atoms with Crippen molar-refractivity contribution in [2.24, 2.45) is 86.9 Å². The van der Waals surface area contributed by atoms with Gasteiger partial charge in [-0.05, 0) is 103 Å². The van der Waals surface area contributed by atoms with Gasteiger partial charge >= 0.3 is 65.4 Å². The van der Waals surface area contributed by atoms with Crippen LogP contribution in [0.5, 0.6) is 0 Å². The molecule has 131 heavy (non-hydrogen) atoms. The second-order valence-corrected chi connectivity index (χ2v) is 36.3. The van der Waals surface area contributed by atoms with Crippen molar-refractivity contribution in [2.75, 3.05) is 156 Å². The molecule has 2 unspecified atom stereocenters. The predicted molar refractivity (Wildman–Crippen MR) is 490 cm³/mol. The number of hydrogen-bond acceptors (Lipinski definition) is 45. The summed E-state index contributed by atoms with van der Waals surface area (Å²) in [6.07, 6.45) is 7.55. The highest BCUT2D eigenvalue weighted by Gasteiger charge is 2.57. The van der Waals surface area contributed by atoms with Crippen molar-refractivity contribution in [3.05, 3.63) is 102 Å². The van der Waals surface area contributed by atoms with E-state index in [1.165, 1.54) is 14.7 Å². The fraction of sp³-hybridized carbons (Fsp3) is 0.671. The first-order valence-electron chi connectivity index (χ1n) is 43.4. The van der Waals surface area contributed by atoms with E-state index in [1.54, 1.807) is 23.6 Å². The lowest BCUT2D eigenvalue weighted by molar-refractivity contribution is -0.145. The molecule has 55 heteroatoms. The van der Waals surface area contributed by atoms with E-state index >= 15 is 0 Å². The first-order valence-corrected chi connectivity index (χ1v) is 43.4. The zero-order valence-corrected chi connectivity index (χ0v) is 73.0. The molecule has 722 valence electrons. The second-order valence-electron chi connectivity index (χ2n) is 36.3. The van der Waals surface area contributed by atoms with Gasteiger partial charge in [0, 0.05) is 157 Å². The minimum Gasteiger partial charge on any atom is -0.480 e. The molecule has 2 saturated carbocycles. The summed E-state index contributed by atoms with van der Waals surface area (Å²) in [4.78, 5) is 186. The lowest BCUT2D eigenvalue weighted by Crippen LogP contribution is -2.55. The zero-order valence-electron chi connectivity index (χ0n) is 73.0. The maximum Gasteiger partial charge on any atom is 0.451 e. The van der Waals surface area contributed by atoms with Crippen LogP contribution >= 0.6 is 0 Å². The Morgan fingerprint density at radius 3 is 0.863 bits per heavy atom. The normalized spacial score (nSPS) is 24.8. The number of carbonyl (C=O) groups is 5. The molecule has 5 aromatic carbocycles. The van der Waals surface area contributed by atoms with Crippen LogP contribution in [-0.2, 0) is 24.0 Å². The van der Waals surface area contributed by atoms with Crippen LogP contribution in [0.15, 0.2) is 47.9 Å². The molecule has 5 aromatic rings. The third kappa shape index (κ3) is 24.1. The summed E-state index contributed by atoms with van der Waals surface area (Å²) in [5, 5.41) is 152. The van der Waals surface area contributed by atoms with E-state index in [0.717, 1.165) is 25.7 Å². The molecule has 5 heterocycles. The standard InChI is InChI=1S/2C16H25BN4O6.2C15H25BN4O6.C14H23BN4O6/c18-15(3-4-15)7-20-10-11(13(23)12(10)22)21-6-9(2-1-5-17(26)27)16(19,8-21)14(24)25;18-7-15(3-4-15)20-10-11(13(23)12(10)22)21-6-9(2-1-5-17(26)27)16(19,8-21)14(24)25;1-8(17)5-19-10-11(13(22)12(10)21)20-6-9(3-2-4-16(25)26)15(18,7-20)14(23)24;1-8(5-17)19-10-11(13(22)12(10)21)20-6-9(3-2-4-16(25)26)15(18,7-20)14(23)24;16-4-5-18-9-10(12(21)11(9)20)19-6-8(2-1-3-15(24)25)14(17,7-19)13(22)23/h2*9,20,26-27H,1-8,18-19H2,(H,24,25);2*8-9,19,25-26H,2-7,17-18H2,1H3,(H,23,24);8,18,24-25H,1-7,16-17H2,(H,22,23)/t2*9-,16-;2*8?,9-,15-;8-,14-/m00000/s1. The van der Waals surface area contributed by atoms with Crippen LogP contribution in [0.2, 0.25) is 31.6 Å². The number of anilines is 10. The minimum atomic E-state index is -1.59. The van der Waals surface area contributed by atoms with Gasteiger partial charge in [-0.25, -0.2) is 0 Å². The van der Waals surface area contributed by atoms with Crippen LogP contribution in [0.1, 0.15) is 104 Å². The van der Waals surface area contributed by atoms with Crippen molar-refractivity contribution >= 4 is 122 Å². The molecule has 0 amide bonds. The summed E-state index contributed by atoms with van der Waals surface area (Å²) in [7, 11) is -7.32. The average Bonchev–Trinajstić information content (AvgIpc) is 1.63. The van der Waals surface area contributed by atoms with Gasteiger partial charge in [0.05, 0.1) is 0 Å². The molecule has 12 rings (SSSR count). The van der Waals surface area contributed by atoms with Crippen molar-refractivity contribution in [2.45, 2.75) is 186 Å². The smallest absolute Gasteiger partial charge is 0.451 e. The molecule has 0 aromatic heterocycles. The summed E-state index contributed by atoms with van der Waals surface area (Å²) in [6.45, 7) is 5.89. The molecule has 12 atom stereocenters. The Bertz CT molecular complexity index is 5240. The summed E-state index contributed by atoms with van der Waals surface area (Å²) < 4.78 is 0. The third-order valence-corrected chi connectivity index (χ3v) is 26.1. The van der Waals surface area contributed by atoms with Crippen LogP contribution < -0.4 is 163 Å². The van der Waals surface area contributed by atoms with Gasteiger partial charge in [0.15, 0.2) is 0 Å². The van der Waals surface area contributed by atoms with Crippen LogP contribution in [0, 0.1) is 29.6 Å². The van der Waals surface area contributed by atoms with Crippen LogP contribution in [0.4, 0.5) is 56.9 Å². The molecule has 5 saturated heterocycles. The molecule has 50 nitrogen and oxygen atoms in total. The van der Waals surface area contributed by atoms with Gasteiger partial charge in [-0.1, -0.05) is 32.1 Å². The number of hydrogen-bond donors (Lipinski definition) is 30. The molecular formula is C76H123B5N20O30. The van der Waals surface area contributed by atoms with E-state index in [1.807, 2.05) is 0 Å². The monoisotopic (exact) mass is 1850 g/mol. The van der Waals surface area contributed by atoms with Gasteiger partial charge in [-0.15, -0.1) is 0 Å². The Morgan fingerprint density at radius 2 is 0.626 bits per heavy atom. The fourth-order valence-electron chi connectivity index (χ4n) is 17.5. The predicted octanol–water partition coefficient (Wildman–Crippen LogP) is -12.5. The molecule has 2 aliphatic carbocycles. The molecule has 7 fully saturated rings. The van der Waals surface area contributed by atoms with Crippen molar-refractivity contribution in [3.63, 3.8) is 0 Å². The van der Waals surface area contributed by atoms with Crippen LogP contribution in [0.3, 0.4) is 0 Å². The molecule has 0 radical (unpaired) electrons. The highest BCUT2D eigenvalue weighted by molar-refractivity contribution is 6.42. The van der Waals surface area contributed by atoms with Crippen molar-refractivity contribution in [1.82, 2.24) is 0 Å². The SMILES string of the molecule is CC(CN)Nc1c(N2C[C@H](CCCB(O)O)[C@](N)(C(=O)O)C2)c(=O)c1=O.CC(N)CNc1c(N2C[C@H](CCCB(O)O)[C@](N)(C(=O)O)C2)c(=O)c1=O.NC1(CNc2c(N3C[C@H](CCCB(O)O)[C@](N)(C(=O)O)C3)c(=O)c2=O)CC1.NCC1(Nc2c(N3C[C@H](CCCB(O)O)[C@](N)(C(=O)O)C3)c(=O)c2=O)CC1.NCCNc1c(N2C[C@H](CCCB(O)O)[C@](N)(C(=O)O)C2)c(=O)c1=O. The van der Waals surface area contributed by atoms with Crippen molar-refractivity contribution < 1.29 is 99.7 Å². The zero-order chi connectivity index (χ0) is 98.0. The number of nitrogens with zero attached hydrogens (tertiary/aromatic N) is 5. The van der Waals surface area contributed by atoms with Crippen molar-refractivity contribution in [1.29, 1.82) is 0 Å². The number of carboxylic acid groups (broad SMARTS) is 5. The first kappa shape index (κ1) is 107. The van der Waals surface area contributed by atoms with E-state index < -0.39 is 177 Å². The van der Waals surface area contributed by atoms with E-state index in [-0.39, 0.29) is 190 Å². The molecule has 0 spiro atoms. The molecular weight excluding hydrogens is 1730 g/mol. The molecule has 40 N–H and O–H groups in total. The highest BCUT2D eigenvalue weighted by atomic mass is 16.4. The Labute approximate surface area is 750 Å². The van der Waals surface area contributed by atoms with E-state index in [2.05, 4.69) is 26.6 Å². The van der Waals surface area contributed by atoms with E-state index in [9.17, 15) is 97.5 Å². The highest BCUT2D eigenvalue weighted by Crippen LogP contribution is 2.44. The van der Waals surface area contributed by atoms with Gasteiger partial charge in [0.25, 0.3) is 54.3 Å². The molecule has 5 aliphatic heterocycles. The number of rotatable bonds is 45. The Kier molecular flexibility index (Phi) is 35.4. The summed E-state index contributed by atoms with van der Waals surface area (Å²) >= 11 is 0. The lowest BCUT2D eigenvalue weighted by Gasteiger charge is -2.27. The average molecular weight is 1850 g/mol. The van der Waals surface area contributed by atoms with E-state index in [4.69, 9.17) is 108 Å². The quantitative estimate of drug-likeness (QED) is 0.0127. The first-order chi connectivity index (χ1) is 61.1. The van der Waals surface area contributed by atoms with Gasteiger partial charge in [0.1, 0.15) is 84.6 Å². The van der Waals surface area contributed by atoms with Crippen LogP contribution in [-0.4, -0.2) is 297 Å². The van der Waals surface area contributed by atoms with Gasteiger partial charge in [-0.2, -0.15) is 0 Å². The third-order valence-electron chi connectivity index (χ3n) is 26.1. The van der Waals surface area contributed by atoms with Crippen LogP contribution in [0.25, 0.3) is 0 Å². The minimum absolute atomic E-state index is 0.0934. The lowest BCUT2D eigenvalue weighted by atomic mass is 9.78. The molecule has 7 aliphatic rings. The summed E-state index contributed by atoms with van der Waals surface area (Å²) in [5.41, 5.74) is 45.3. The fourth-order valence-corrected chi connectivity index (χ4v) is 17.5. The maximum atomic E-state index is 12.2. The number of nitrogens with two attached hydrogens (primary N) is 10. The number of nitrogens with one attached hydrogen (secondary N) is 5. The maximum absolute atomic E-state index is 12.2. The number of carboxylic acids is 5. The summed E-state index contributed by atoms with van der Waals surface area (Å²) in [5.74, 6) is -8.43. The summed E-state index contributed by atoms with van der Waals surface area (Å²) in [6, 6.07) is -0.445. The molecule has 0 bridgehead atoms. The largest absolute Gasteiger partial charge is 0.480 e. The Hall–Kier alpha value is -9.73. The second kappa shape index (κ2) is 43.5. The Balaban J connectivity index is 0.000000202. The van der Waals surface area contributed by atoms with Crippen molar-refractivity contribution in [3.8, 4) is 0 Å². The van der Waals surface area contributed by atoms with Gasteiger partial charge < -0.3 is 184 Å². The van der Waals surface area contributed by atoms with Gasteiger partial charge in [-0.3, -0.25) is 71.9 Å². The Morgan fingerprint density at radius 1 is 0.374 bits per heavy atom. The van der Waals surface area contributed by atoms with Gasteiger partial charge in [0.2, 0.25) is 0 Å². The van der Waals surface area contributed by atoms with E-state index in [0.29, 0.717) is 90.4 Å². The topological polar surface area (TPSA) is 896 Å².